The number of aryl methyl sites for hydroxylation is 2. The molecule has 4 rings (SSSR count). The molecule has 164 valence electrons. The van der Waals surface area contributed by atoms with Gasteiger partial charge in [0.2, 0.25) is 0 Å². The Morgan fingerprint density at radius 1 is 1.16 bits per heavy atom. The number of allylic oxidation sites excluding steroid dienone is 1. The first-order valence-corrected chi connectivity index (χ1v) is 11.1. The van der Waals surface area contributed by atoms with E-state index in [-0.39, 0.29) is 11.7 Å². The summed E-state index contributed by atoms with van der Waals surface area (Å²) >= 11 is 0. The van der Waals surface area contributed by atoms with Crippen molar-refractivity contribution in [2.45, 2.75) is 52.1 Å². The van der Waals surface area contributed by atoms with Crippen LogP contribution in [0.25, 0.3) is 0 Å². The van der Waals surface area contributed by atoms with Crippen molar-refractivity contribution in [3.8, 4) is 11.8 Å². The summed E-state index contributed by atoms with van der Waals surface area (Å²) in [5.74, 6) is 5.50. The van der Waals surface area contributed by atoms with Crippen molar-refractivity contribution in [3.05, 3.63) is 82.6 Å². The van der Waals surface area contributed by atoms with E-state index in [0.717, 1.165) is 22.3 Å². The summed E-state index contributed by atoms with van der Waals surface area (Å²) in [6.45, 7) is 6.32. The van der Waals surface area contributed by atoms with Gasteiger partial charge in [-0.25, -0.2) is 0 Å². The Morgan fingerprint density at radius 3 is 2.41 bits per heavy atom. The molecule has 1 amide bonds. The molecule has 3 atom stereocenters. The first kappa shape index (κ1) is 22.0. The van der Waals surface area contributed by atoms with Crippen LogP contribution in [-0.2, 0) is 4.79 Å². The molecule has 1 spiro atoms. The molecule has 1 saturated carbocycles. The van der Waals surface area contributed by atoms with Gasteiger partial charge in [-0.1, -0.05) is 30.2 Å². The van der Waals surface area contributed by atoms with E-state index < -0.39 is 17.4 Å². The summed E-state index contributed by atoms with van der Waals surface area (Å²) in [5, 5.41) is 11.1. The van der Waals surface area contributed by atoms with Gasteiger partial charge in [-0.2, -0.15) is 0 Å². The lowest BCUT2D eigenvalue weighted by Gasteiger charge is -2.44. The van der Waals surface area contributed by atoms with Crippen LogP contribution in [0.2, 0.25) is 0 Å². The third kappa shape index (κ3) is 4.13. The minimum absolute atomic E-state index is 0.0428. The molecule has 1 fully saturated rings. The molecule has 0 aromatic heterocycles. The van der Waals surface area contributed by atoms with Crippen LogP contribution >= 0.6 is 0 Å². The monoisotopic (exact) mass is 427 g/mol. The molecule has 1 aliphatic heterocycles. The molecule has 0 radical (unpaired) electrons. The first-order chi connectivity index (χ1) is 15.3. The number of amides is 1. The van der Waals surface area contributed by atoms with Crippen molar-refractivity contribution >= 4 is 11.7 Å². The molecule has 3 unspecified atom stereocenters. The van der Waals surface area contributed by atoms with Crippen molar-refractivity contribution in [1.82, 2.24) is 4.90 Å². The number of carbonyl (C=O) groups excluding carboxylic acids is 2. The van der Waals surface area contributed by atoms with Crippen LogP contribution in [0.4, 0.5) is 0 Å². The van der Waals surface area contributed by atoms with Crippen LogP contribution < -0.4 is 0 Å². The van der Waals surface area contributed by atoms with Gasteiger partial charge >= 0.3 is 0 Å². The lowest BCUT2D eigenvalue weighted by Crippen LogP contribution is -2.45. The van der Waals surface area contributed by atoms with Gasteiger partial charge in [-0.05, 0) is 74.6 Å². The second kappa shape index (κ2) is 8.76. The Bertz CT molecular complexity index is 1120. The van der Waals surface area contributed by atoms with Crippen LogP contribution in [0, 0.1) is 31.1 Å². The smallest absolute Gasteiger partial charge is 0.257 e. The lowest BCUT2D eigenvalue weighted by molar-refractivity contribution is -0.129. The second-order valence-corrected chi connectivity index (χ2v) is 9.08. The van der Waals surface area contributed by atoms with Crippen molar-refractivity contribution in [1.29, 1.82) is 0 Å². The minimum atomic E-state index is -0.752. The van der Waals surface area contributed by atoms with Crippen molar-refractivity contribution < 1.29 is 14.7 Å². The summed E-state index contributed by atoms with van der Waals surface area (Å²) in [6.07, 6.45) is 4.58. The summed E-state index contributed by atoms with van der Waals surface area (Å²) in [6, 6.07) is 13.2. The zero-order valence-electron chi connectivity index (χ0n) is 18.9. The van der Waals surface area contributed by atoms with Crippen molar-refractivity contribution in [2.75, 3.05) is 6.54 Å². The van der Waals surface area contributed by atoms with Gasteiger partial charge in [0.05, 0.1) is 12.0 Å². The van der Waals surface area contributed by atoms with E-state index in [1.165, 1.54) is 0 Å². The Balaban J connectivity index is 1.54. The standard InChI is InChI=1S/C28H29NO3/c1-4-8-21-15-19(2)25(20(3)16-21)26-23(30)17-28(18-24(26)31)11-13-29(14-12-28)27(32)22-9-6-5-7-10-22/h5-7,9-11,13,15-16,23,26,30H,12,14,17-18H2,1-3H3. The number of nitrogens with zero attached hydrogens (tertiary/aromatic N) is 1. The van der Waals surface area contributed by atoms with Crippen LogP contribution in [0.1, 0.15) is 64.7 Å². The van der Waals surface area contributed by atoms with Crippen LogP contribution in [0.15, 0.2) is 54.7 Å². The highest BCUT2D eigenvalue weighted by Gasteiger charge is 2.46. The molecule has 2 aromatic carbocycles. The van der Waals surface area contributed by atoms with Gasteiger partial charge < -0.3 is 10.0 Å². The van der Waals surface area contributed by atoms with Gasteiger partial charge in [-0.3, -0.25) is 9.59 Å². The number of ketones is 1. The molecule has 2 aliphatic rings. The SMILES string of the molecule is CC#Cc1cc(C)c(C2C(=O)CC3(C=CN(C(=O)c4ccccc4)CC3)CC2O)c(C)c1. The van der Waals surface area contributed by atoms with Gasteiger partial charge in [0.15, 0.2) is 0 Å². The number of aliphatic hydroxyl groups is 1. The van der Waals surface area contributed by atoms with Crippen LogP contribution in [0.5, 0.6) is 0 Å². The highest BCUT2D eigenvalue weighted by molar-refractivity contribution is 5.95. The fourth-order valence-corrected chi connectivity index (χ4v) is 5.30. The summed E-state index contributed by atoms with van der Waals surface area (Å²) in [7, 11) is 0. The Hall–Kier alpha value is -3.16. The molecule has 2 aromatic rings. The number of carbonyl (C=O) groups is 2. The van der Waals surface area contributed by atoms with Gasteiger partial charge in [-0.15, -0.1) is 5.92 Å². The molecule has 0 saturated heterocycles. The van der Waals surface area contributed by atoms with Crippen molar-refractivity contribution in [3.63, 3.8) is 0 Å². The third-order valence-electron chi connectivity index (χ3n) is 6.79. The van der Waals surface area contributed by atoms with E-state index in [1.54, 1.807) is 30.2 Å². The number of hydrogen-bond donors (Lipinski definition) is 1. The predicted molar refractivity (Wildman–Crippen MR) is 125 cm³/mol. The van der Waals surface area contributed by atoms with E-state index in [4.69, 9.17) is 0 Å². The van der Waals surface area contributed by atoms with Crippen LogP contribution in [0.3, 0.4) is 0 Å². The van der Waals surface area contributed by atoms with Gasteiger partial charge in [0.25, 0.3) is 5.91 Å². The zero-order chi connectivity index (χ0) is 22.9. The highest BCUT2D eigenvalue weighted by atomic mass is 16.3. The van der Waals surface area contributed by atoms with E-state index in [0.29, 0.717) is 31.4 Å². The number of benzene rings is 2. The van der Waals surface area contributed by atoms with Crippen molar-refractivity contribution in [2.24, 2.45) is 5.41 Å². The number of rotatable bonds is 2. The number of aliphatic hydroxyl groups excluding tert-OH is 1. The highest BCUT2D eigenvalue weighted by Crippen LogP contribution is 2.47. The molecule has 4 heteroatoms. The average Bonchev–Trinajstić information content (AvgIpc) is 2.76. The van der Waals surface area contributed by atoms with E-state index >= 15 is 0 Å². The van der Waals surface area contributed by atoms with E-state index in [9.17, 15) is 14.7 Å². The molecule has 4 nitrogen and oxygen atoms in total. The third-order valence-corrected chi connectivity index (χ3v) is 6.79. The van der Waals surface area contributed by atoms with E-state index in [1.807, 2.05) is 50.3 Å². The zero-order valence-corrected chi connectivity index (χ0v) is 18.9. The first-order valence-electron chi connectivity index (χ1n) is 11.1. The molecular formula is C28H29NO3. The molecular weight excluding hydrogens is 398 g/mol. The lowest BCUT2D eigenvalue weighted by atomic mass is 9.63. The quantitative estimate of drug-likeness (QED) is 0.717. The molecule has 1 heterocycles. The fourth-order valence-electron chi connectivity index (χ4n) is 5.30. The second-order valence-electron chi connectivity index (χ2n) is 9.08. The fraction of sp³-hybridized carbons (Fsp3) is 0.357. The largest absolute Gasteiger partial charge is 0.392 e. The minimum Gasteiger partial charge on any atom is -0.392 e. The molecule has 0 bridgehead atoms. The Labute approximate surface area is 190 Å². The average molecular weight is 428 g/mol. The summed E-state index contributed by atoms with van der Waals surface area (Å²) in [5.41, 5.74) is 4.11. The maximum atomic E-state index is 13.3. The molecule has 32 heavy (non-hydrogen) atoms. The van der Waals surface area contributed by atoms with E-state index in [2.05, 4.69) is 11.8 Å². The molecule has 1 N–H and O–H groups in total. The summed E-state index contributed by atoms with van der Waals surface area (Å²) < 4.78 is 0. The van der Waals surface area contributed by atoms with Gasteiger partial charge in [0.1, 0.15) is 5.78 Å². The number of hydrogen-bond acceptors (Lipinski definition) is 3. The molecule has 1 aliphatic carbocycles. The topological polar surface area (TPSA) is 57.6 Å². The Kier molecular flexibility index (Phi) is 6.04. The normalized spacial score (nSPS) is 24.9. The summed E-state index contributed by atoms with van der Waals surface area (Å²) in [4.78, 5) is 27.8. The maximum absolute atomic E-state index is 13.3. The maximum Gasteiger partial charge on any atom is 0.257 e. The Morgan fingerprint density at radius 2 is 1.84 bits per heavy atom. The van der Waals surface area contributed by atoms with Crippen LogP contribution in [-0.4, -0.2) is 34.3 Å². The van der Waals surface area contributed by atoms with Gasteiger partial charge in [0, 0.05) is 35.7 Å². The predicted octanol–water partition coefficient (Wildman–Crippen LogP) is 4.53. The number of Topliss-reactive ketones (excluding diaryl/α,β-unsaturated/α-hetero) is 1.